The average molecular weight is 322 g/mol. The minimum atomic E-state index is -0.445. The Balaban J connectivity index is 2.01. The predicted molar refractivity (Wildman–Crippen MR) is 92.1 cm³/mol. The number of nitrogens with zero attached hydrogens (tertiary/aromatic N) is 4. The van der Waals surface area contributed by atoms with E-state index in [1.807, 2.05) is 39.8 Å². The highest BCUT2D eigenvalue weighted by Gasteiger charge is 2.45. The normalized spacial score (nSPS) is 18.3. The smallest absolute Gasteiger partial charge is 0.154 e. The van der Waals surface area contributed by atoms with Crippen LogP contribution < -0.4 is 0 Å². The van der Waals surface area contributed by atoms with E-state index in [4.69, 9.17) is 4.99 Å². The molecule has 1 aliphatic heterocycles. The van der Waals surface area contributed by atoms with Gasteiger partial charge in [-0.25, -0.2) is 13.9 Å². The van der Waals surface area contributed by atoms with Crippen LogP contribution in [-0.2, 0) is 5.41 Å². The highest BCUT2D eigenvalue weighted by molar-refractivity contribution is 6.15. The number of rotatable bonds is 1. The van der Waals surface area contributed by atoms with Crippen LogP contribution in [0.3, 0.4) is 0 Å². The van der Waals surface area contributed by atoms with Crippen LogP contribution in [0, 0.1) is 5.82 Å². The molecule has 0 saturated carbocycles. The lowest BCUT2D eigenvalue weighted by Crippen LogP contribution is -2.46. The summed E-state index contributed by atoms with van der Waals surface area (Å²) < 4.78 is 16.4. The van der Waals surface area contributed by atoms with Crippen molar-refractivity contribution in [1.82, 2.24) is 14.6 Å². The van der Waals surface area contributed by atoms with Gasteiger partial charge in [-0.3, -0.25) is 4.99 Å². The predicted octanol–water partition coefficient (Wildman–Crippen LogP) is 3.78. The fourth-order valence-corrected chi connectivity index (χ4v) is 3.30. The molecule has 0 amide bonds. The van der Waals surface area contributed by atoms with Gasteiger partial charge in [-0.05, 0) is 26.0 Å². The van der Waals surface area contributed by atoms with Crippen LogP contribution in [0.4, 0.5) is 4.39 Å². The summed E-state index contributed by atoms with van der Waals surface area (Å²) in [5.41, 5.74) is 3.05. The van der Waals surface area contributed by atoms with Gasteiger partial charge in [-0.15, -0.1) is 0 Å². The van der Waals surface area contributed by atoms with Gasteiger partial charge >= 0.3 is 0 Å². The summed E-state index contributed by atoms with van der Waals surface area (Å²) in [6.07, 6.45) is 5.26. The van der Waals surface area contributed by atoms with E-state index in [0.717, 1.165) is 22.5 Å². The van der Waals surface area contributed by atoms with Crippen molar-refractivity contribution in [1.29, 1.82) is 0 Å². The number of benzene rings is 1. The zero-order valence-corrected chi connectivity index (χ0v) is 14.2. The number of hydrogen-bond donors (Lipinski definition) is 0. The first-order valence-corrected chi connectivity index (χ1v) is 8.00. The van der Waals surface area contributed by atoms with Crippen molar-refractivity contribution >= 4 is 11.4 Å². The fourth-order valence-electron chi connectivity index (χ4n) is 3.30. The summed E-state index contributed by atoms with van der Waals surface area (Å²) in [6, 6.07) is 7.13. The van der Waals surface area contributed by atoms with E-state index in [0.29, 0.717) is 5.56 Å². The van der Waals surface area contributed by atoms with Crippen molar-refractivity contribution in [2.24, 2.45) is 4.99 Å². The Labute approximate surface area is 140 Å². The Morgan fingerprint density at radius 3 is 2.71 bits per heavy atom. The molecule has 0 spiro atoms. The molecule has 122 valence electrons. The molecule has 0 fully saturated rings. The third-order valence-corrected chi connectivity index (χ3v) is 5.34. The molecule has 4 rings (SSSR count). The molecular formula is C19H19FN4. The molecule has 4 nitrogen and oxygen atoms in total. The Hall–Kier alpha value is -2.56. The molecule has 3 aromatic rings. The van der Waals surface area contributed by atoms with Gasteiger partial charge in [-0.2, -0.15) is 5.10 Å². The van der Waals surface area contributed by atoms with E-state index in [9.17, 15) is 4.39 Å². The maximum absolute atomic E-state index is 14.7. The molecule has 0 aliphatic carbocycles. The van der Waals surface area contributed by atoms with Gasteiger partial charge in [0.15, 0.2) is 5.65 Å². The van der Waals surface area contributed by atoms with E-state index in [2.05, 4.69) is 10.1 Å². The maximum atomic E-state index is 14.7. The minimum absolute atomic E-state index is 0.187. The third-order valence-electron chi connectivity index (χ3n) is 5.34. The highest BCUT2D eigenvalue weighted by Crippen LogP contribution is 2.44. The second-order valence-corrected chi connectivity index (χ2v) is 7.28. The highest BCUT2D eigenvalue weighted by atomic mass is 19.1. The van der Waals surface area contributed by atoms with Gasteiger partial charge in [0, 0.05) is 34.5 Å². The molecule has 2 aromatic heterocycles. The Kier molecular flexibility index (Phi) is 2.95. The number of aliphatic imine (C=N–C) groups is 1. The van der Waals surface area contributed by atoms with Crippen molar-refractivity contribution in [2.45, 2.75) is 38.6 Å². The van der Waals surface area contributed by atoms with Crippen molar-refractivity contribution in [3.8, 4) is 0 Å². The van der Waals surface area contributed by atoms with Crippen molar-refractivity contribution in [3.05, 3.63) is 65.4 Å². The summed E-state index contributed by atoms with van der Waals surface area (Å²) >= 11 is 0. The van der Waals surface area contributed by atoms with Crippen LogP contribution in [-0.4, -0.2) is 25.8 Å². The van der Waals surface area contributed by atoms with Gasteiger partial charge < -0.3 is 0 Å². The molecule has 24 heavy (non-hydrogen) atoms. The molecule has 3 heterocycles. The third kappa shape index (κ3) is 1.94. The van der Waals surface area contributed by atoms with Crippen LogP contribution in [0.15, 0.2) is 47.8 Å². The van der Waals surface area contributed by atoms with E-state index in [1.165, 1.54) is 6.07 Å². The van der Waals surface area contributed by atoms with Gasteiger partial charge in [0.05, 0.1) is 17.4 Å². The summed E-state index contributed by atoms with van der Waals surface area (Å²) in [7, 11) is 0. The SMILES string of the molecule is CC1(C)N=C(c2cnn3ccnc3c2)c2cccc(F)c2C1(C)C. The zero-order valence-electron chi connectivity index (χ0n) is 14.2. The van der Waals surface area contributed by atoms with Gasteiger partial charge in [-0.1, -0.05) is 26.0 Å². The van der Waals surface area contributed by atoms with Crippen LogP contribution in [0.2, 0.25) is 0 Å². The fraction of sp³-hybridized carbons (Fsp3) is 0.316. The molecule has 0 unspecified atom stereocenters. The van der Waals surface area contributed by atoms with Crippen LogP contribution in [0.1, 0.15) is 44.4 Å². The topological polar surface area (TPSA) is 42.5 Å². The van der Waals surface area contributed by atoms with Crippen LogP contribution in [0.5, 0.6) is 0 Å². The minimum Gasteiger partial charge on any atom is -0.277 e. The van der Waals surface area contributed by atoms with E-state index < -0.39 is 11.0 Å². The van der Waals surface area contributed by atoms with E-state index >= 15 is 0 Å². The lowest BCUT2D eigenvalue weighted by atomic mass is 9.65. The second kappa shape index (κ2) is 4.72. The summed E-state index contributed by atoms with van der Waals surface area (Å²) in [5.74, 6) is -0.187. The summed E-state index contributed by atoms with van der Waals surface area (Å²) in [6.45, 7) is 8.18. The molecule has 0 saturated heterocycles. The molecule has 0 N–H and O–H groups in total. The van der Waals surface area contributed by atoms with Crippen molar-refractivity contribution in [3.63, 3.8) is 0 Å². The van der Waals surface area contributed by atoms with E-state index in [1.54, 1.807) is 29.2 Å². The molecule has 0 bridgehead atoms. The molecule has 0 atom stereocenters. The molecule has 1 aliphatic rings. The quantitative estimate of drug-likeness (QED) is 0.684. The average Bonchev–Trinajstić information content (AvgIpc) is 2.98. The largest absolute Gasteiger partial charge is 0.277 e. The summed E-state index contributed by atoms with van der Waals surface area (Å²) in [4.78, 5) is 9.27. The molecule has 0 radical (unpaired) electrons. The van der Waals surface area contributed by atoms with Gasteiger partial charge in [0.2, 0.25) is 0 Å². The van der Waals surface area contributed by atoms with Gasteiger partial charge in [0.1, 0.15) is 5.82 Å². The monoisotopic (exact) mass is 322 g/mol. The Morgan fingerprint density at radius 1 is 1.12 bits per heavy atom. The molecule has 1 aromatic carbocycles. The van der Waals surface area contributed by atoms with Gasteiger partial charge in [0.25, 0.3) is 0 Å². The Morgan fingerprint density at radius 2 is 1.92 bits per heavy atom. The van der Waals surface area contributed by atoms with E-state index in [-0.39, 0.29) is 5.82 Å². The number of aromatic nitrogens is 3. The summed E-state index contributed by atoms with van der Waals surface area (Å²) in [5, 5.41) is 4.38. The van der Waals surface area contributed by atoms with Crippen LogP contribution in [0.25, 0.3) is 5.65 Å². The Bertz CT molecular complexity index is 982. The van der Waals surface area contributed by atoms with Crippen molar-refractivity contribution < 1.29 is 4.39 Å². The van der Waals surface area contributed by atoms with Crippen molar-refractivity contribution in [2.75, 3.05) is 0 Å². The molecule has 5 heteroatoms. The number of fused-ring (bicyclic) bond motifs is 2. The first-order chi connectivity index (χ1) is 11.3. The standard InChI is InChI=1S/C19H19FN4/c1-18(2)16-13(6-5-7-14(16)20)17(23-19(18,3)4)12-10-15-21-8-9-24(15)22-11-12/h5-11H,1-4H3. The molecular weight excluding hydrogens is 303 g/mol. The zero-order chi connectivity index (χ0) is 17.1. The lowest BCUT2D eigenvalue weighted by molar-refractivity contribution is 0.293. The number of hydrogen-bond acceptors (Lipinski definition) is 3. The second-order valence-electron chi connectivity index (χ2n) is 7.28. The lowest BCUT2D eigenvalue weighted by Gasteiger charge is -2.44. The maximum Gasteiger partial charge on any atom is 0.154 e. The first-order valence-electron chi connectivity index (χ1n) is 8.00. The van der Waals surface area contributed by atoms with Crippen LogP contribution >= 0.6 is 0 Å². The number of halogens is 1. The first kappa shape index (κ1) is 15.0. The number of imidazole rings is 1.